The third-order valence-corrected chi connectivity index (χ3v) is 3.62. The molecule has 21 heavy (non-hydrogen) atoms. The van der Waals surface area contributed by atoms with Gasteiger partial charge in [0.05, 0.1) is 17.2 Å². The molecule has 0 atom stereocenters. The van der Waals surface area contributed by atoms with Crippen LogP contribution in [0.5, 0.6) is 0 Å². The molecule has 0 bridgehead atoms. The number of nitrogens with two attached hydrogens (primary N) is 1. The van der Waals surface area contributed by atoms with Crippen LogP contribution in [0.4, 0.5) is 17.1 Å². The van der Waals surface area contributed by atoms with E-state index in [1.165, 1.54) is 6.07 Å². The maximum atomic E-state index is 10.9. The highest BCUT2D eigenvalue weighted by atomic mass is 32.2. The molecule has 0 spiro atoms. The van der Waals surface area contributed by atoms with Crippen LogP contribution < -0.4 is 16.6 Å². The van der Waals surface area contributed by atoms with Gasteiger partial charge in [0.15, 0.2) is 0 Å². The number of anilines is 2. The summed E-state index contributed by atoms with van der Waals surface area (Å²) in [6.45, 7) is 1.18. The predicted molar refractivity (Wildman–Crippen MR) is 85.5 cm³/mol. The van der Waals surface area contributed by atoms with E-state index in [0.717, 1.165) is 17.2 Å². The van der Waals surface area contributed by atoms with Crippen LogP contribution in [-0.4, -0.2) is 54.5 Å². The number of benzene rings is 1. The molecule has 0 unspecified atom stereocenters. The Morgan fingerprint density at radius 1 is 1.48 bits per heavy atom. The van der Waals surface area contributed by atoms with Gasteiger partial charge in [-0.25, -0.2) is 5.43 Å². The summed E-state index contributed by atoms with van der Waals surface area (Å²) in [5.41, 5.74) is 12.0. The second kappa shape index (κ2) is 8.67. The van der Waals surface area contributed by atoms with Crippen molar-refractivity contribution in [1.82, 2.24) is 10.3 Å². The Hall–Kier alpha value is -1.55. The van der Waals surface area contributed by atoms with Gasteiger partial charge in [0.1, 0.15) is 5.69 Å². The van der Waals surface area contributed by atoms with Gasteiger partial charge in [-0.2, -0.15) is 0 Å². The molecule has 0 aliphatic heterocycles. The summed E-state index contributed by atoms with van der Waals surface area (Å²) in [5, 5.41) is 19.7. The number of nitrogen functional groups attached to an aromatic ring is 1. The zero-order valence-electron chi connectivity index (χ0n) is 12.1. The number of hydrazine groups is 1. The van der Waals surface area contributed by atoms with E-state index in [1.807, 2.05) is 14.1 Å². The summed E-state index contributed by atoms with van der Waals surface area (Å²) in [7, 11) is 3.96. The average molecular weight is 315 g/mol. The third kappa shape index (κ3) is 5.76. The average Bonchev–Trinajstić information content (AvgIpc) is 2.40. The van der Waals surface area contributed by atoms with E-state index in [-0.39, 0.29) is 18.0 Å². The van der Waals surface area contributed by atoms with Gasteiger partial charge < -0.3 is 21.2 Å². The number of hydrogen-bond acceptors (Lipinski definition) is 8. The first-order valence-corrected chi connectivity index (χ1v) is 7.39. The largest absolute Gasteiger partial charge is 0.395 e. The van der Waals surface area contributed by atoms with Gasteiger partial charge in [-0.3, -0.25) is 10.1 Å². The van der Waals surface area contributed by atoms with E-state index in [9.17, 15) is 10.1 Å². The maximum absolute atomic E-state index is 10.9. The molecule has 0 aliphatic rings. The van der Waals surface area contributed by atoms with E-state index in [0.29, 0.717) is 12.2 Å². The number of aliphatic hydroxyl groups excluding tert-OH is 1. The van der Waals surface area contributed by atoms with E-state index in [1.54, 1.807) is 17.8 Å². The van der Waals surface area contributed by atoms with Crippen LogP contribution in [-0.2, 0) is 0 Å². The summed E-state index contributed by atoms with van der Waals surface area (Å²) in [6, 6.07) is 3.00. The molecular formula is C12H21N5O3S. The Kier molecular flexibility index (Phi) is 7.23. The molecule has 1 aromatic carbocycles. The van der Waals surface area contributed by atoms with E-state index >= 15 is 0 Å². The highest BCUT2D eigenvalue weighted by Crippen LogP contribution is 2.35. The second-order valence-electron chi connectivity index (χ2n) is 4.59. The van der Waals surface area contributed by atoms with Crippen molar-refractivity contribution >= 4 is 28.8 Å². The fourth-order valence-electron chi connectivity index (χ4n) is 1.51. The van der Waals surface area contributed by atoms with Gasteiger partial charge in [0, 0.05) is 29.8 Å². The fraction of sp³-hybridized carbons (Fsp3) is 0.500. The SMILES string of the molecule is CN(C)CCSc1cc(N)c([N+](=O)[O-])cc1NNCCO. The minimum atomic E-state index is -0.513. The minimum Gasteiger partial charge on any atom is -0.395 e. The molecule has 0 heterocycles. The normalized spacial score (nSPS) is 10.9. The zero-order chi connectivity index (χ0) is 15.8. The minimum absolute atomic E-state index is 0.0346. The maximum Gasteiger partial charge on any atom is 0.294 e. The van der Waals surface area contributed by atoms with Crippen molar-refractivity contribution < 1.29 is 10.0 Å². The third-order valence-electron chi connectivity index (χ3n) is 2.58. The first kappa shape index (κ1) is 17.5. The molecule has 9 heteroatoms. The highest BCUT2D eigenvalue weighted by Gasteiger charge is 2.16. The van der Waals surface area contributed by atoms with Crippen LogP contribution in [0.25, 0.3) is 0 Å². The number of nitro benzene ring substituents is 1. The summed E-state index contributed by atoms with van der Waals surface area (Å²) in [6.07, 6.45) is 0. The van der Waals surface area contributed by atoms with Crippen molar-refractivity contribution in [1.29, 1.82) is 0 Å². The van der Waals surface area contributed by atoms with Crippen LogP contribution in [0, 0.1) is 10.1 Å². The molecule has 8 nitrogen and oxygen atoms in total. The lowest BCUT2D eigenvalue weighted by Gasteiger charge is -2.14. The van der Waals surface area contributed by atoms with Crippen LogP contribution in [0.2, 0.25) is 0 Å². The number of nitrogens with one attached hydrogen (secondary N) is 2. The molecule has 0 fully saturated rings. The van der Waals surface area contributed by atoms with Gasteiger partial charge in [-0.05, 0) is 20.2 Å². The molecule has 5 N–H and O–H groups in total. The monoisotopic (exact) mass is 315 g/mol. The lowest BCUT2D eigenvalue weighted by molar-refractivity contribution is -0.383. The van der Waals surface area contributed by atoms with E-state index < -0.39 is 4.92 Å². The van der Waals surface area contributed by atoms with Crippen LogP contribution in [0.1, 0.15) is 0 Å². The number of hydrogen-bond donors (Lipinski definition) is 4. The molecular weight excluding hydrogens is 294 g/mol. The molecule has 0 aliphatic carbocycles. The van der Waals surface area contributed by atoms with Crippen molar-refractivity contribution in [2.45, 2.75) is 4.90 Å². The van der Waals surface area contributed by atoms with Crippen molar-refractivity contribution in [3.05, 3.63) is 22.2 Å². The number of rotatable bonds is 9. The molecule has 0 saturated heterocycles. The Bertz CT molecular complexity index is 484. The molecule has 1 aromatic rings. The number of aliphatic hydroxyl groups is 1. The summed E-state index contributed by atoms with van der Waals surface area (Å²) in [5.74, 6) is 0.832. The Morgan fingerprint density at radius 3 is 2.76 bits per heavy atom. The van der Waals surface area contributed by atoms with Gasteiger partial charge in [0.25, 0.3) is 5.69 Å². The molecule has 0 saturated carbocycles. The van der Waals surface area contributed by atoms with E-state index in [4.69, 9.17) is 10.8 Å². The zero-order valence-corrected chi connectivity index (χ0v) is 12.9. The van der Waals surface area contributed by atoms with Gasteiger partial charge in [-0.15, -0.1) is 11.8 Å². The van der Waals surface area contributed by atoms with Gasteiger partial charge >= 0.3 is 0 Å². The first-order chi connectivity index (χ1) is 9.95. The smallest absolute Gasteiger partial charge is 0.294 e. The van der Waals surface area contributed by atoms with E-state index in [2.05, 4.69) is 15.8 Å². The summed E-state index contributed by atoms with van der Waals surface area (Å²) >= 11 is 1.56. The fourth-order valence-corrected chi connectivity index (χ4v) is 2.66. The first-order valence-electron chi connectivity index (χ1n) is 6.41. The number of thioether (sulfide) groups is 1. The van der Waals surface area contributed by atoms with Crippen molar-refractivity contribution in [2.24, 2.45) is 0 Å². The Balaban J connectivity index is 2.91. The van der Waals surface area contributed by atoms with Crippen LogP contribution >= 0.6 is 11.8 Å². The van der Waals surface area contributed by atoms with Gasteiger partial charge in [-0.1, -0.05) is 0 Å². The van der Waals surface area contributed by atoms with Crippen LogP contribution in [0.3, 0.4) is 0 Å². The lowest BCUT2D eigenvalue weighted by Crippen LogP contribution is -2.25. The van der Waals surface area contributed by atoms with Crippen molar-refractivity contribution in [3.63, 3.8) is 0 Å². The molecule has 0 amide bonds. The standard InChI is InChI=1S/C12H21N5O3S/c1-16(2)4-6-21-12-7-9(13)11(17(19)20)8-10(12)15-14-3-5-18/h7-8,14-15,18H,3-6,13H2,1-2H3. The molecule has 118 valence electrons. The van der Waals surface area contributed by atoms with Crippen molar-refractivity contribution in [3.8, 4) is 0 Å². The molecule has 1 rings (SSSR count). The topological polar surface area (TPSA) is 117 Å². The Morgan fingerprint density at radius 2 is 2.19 bits per heavy atom. The Labute approximate surface area is 127 Å². The quantitative estimate of drug-likeness (QED) is 0.173. The predicted octanol–water partition coefficient (Wildman–Crippen LogP) is 0.739. The molecule has 0 aromatic heterocycles. The van der Waals surface area contributed by atoms with Crippen LogP contribution in [0.15, 0.2) is 17.0 Å². The highest BCUT2D eigenvalue weighted by molar-refractivity contribution is 7.99. The number of nitro groups is 1. The van der Waals surface area contributed by atoms with Gasteiger partial charge in [0.2, 0.25) is 0 Å². The number of nitrogens with zero attached hydrogens (tertiary/aromatic N) is 2. The van der Waals surface area contributed by atoms with Crippen molar-refractivity contribution in [2.75, 3.05) is 50.7 Å². The summed E-state index contributed by atoms with van der Waals surface area (Å²) in [4.78, 5) is 13.3. The second-order valence-corrected chi connectivity index (χ2v) is 5.73. The summed E-state index contributed by atoms with van der Waals surface area (Å²) < 4.78 is 0. The lowest BCUT2D eigenvalue weighted by atomic mass is 10.2. The molecule has 0 radical (unpaired) electrons.